The summed E-state index contributed by atoms with van der Waals surface area (Å²) in [5, 5.41) is 9.81. The first kappa shape index (κ1) is 10.6. The number of hydrogen-bond donors (Lipinski definition) is 1. The molecule has 13 heavy (non-hydrogen) atoms. The molecule has 0 saturated carbocycles. The fourth-order valence-corrected chi connectivity index (χ4v) is 1.97. The maximum atomic E-state index is 9.81. The SMILES string of the molecule is C#CCCC(O)C1CCOC1CC. The highest BCUT2D eigenvalue weighted by molar-refractivity contribution is 4.88. The summed E-state index contributed by atoms with van der Waals surface area (Å²) in [5.41, 5.74) is 0. The first-order valence-electron chi connectivity index (χ1n) is 5.02. The molecule has 1 aliphatic rings. The van der Waals surface area contributed by atoms with Gasteiger partial charge >= 0.3 is 0 Å². The van der Waals surface area contributed by atoms with Gasteiger partial charge in [-0.15, -0.1) is 12.3 Å². The maximum Gasteiger partial charge on any atom is 0.0626 e. The van der Waals surface area contributed by atoms with Gasteiger partial charge in [0.25, 0.3) is 0 Å². The van der Waals surface area contributed by atoms with E-state index in [2.05, 4.69) is 12.8 Å². The van der Waals surface area contributed by atoms with Crippen molar-refractivity contribution in [1.29, 1.82) is 0 Å². The molecule has 3 atom stereocenters. The summed E-state index contributed by atoms with van der Waals surface area (Å²) in [5.74, 6) is 2.86. The van der Waals surface area contributed by atoms with Crippen LogP contribution in [0.2, 0.25) is 0 Å². The van der Waals surface area contributed by atoms with Crippen LogP contribution in [0.15, 0.2) is 0 Å². The van der Waals surface area contributed by atoms with E-state index in [-0.39, 0.29) is 12.2 Å². The highest BCUT2D eigenvalue weighted by Gasteiger charge is 2.31. The van der Waals surface area contributed by atoms with Crippen LogP contribution < -0.4 is 0 Å². The molecule has 1 saturated heterocycles. The number of hydrogen-bond acceptors (Lipinski definition) is 2. The topological polar surface area (TPSA) is 29.5 Å². The van der Waals surface area contributed by atoms with Crippen molar-refractivity contribution in [2.24, 2.45) is 5.92 Å². The fourth-order valence-electron chi connectivity index (χ4n) is 1.97. The molecule has 1 aliphatic heterocycles. The van der Waals surface area contributed by atoms with Gasteiger partial charge in [-0.3, -0.25) is 0 Å². The molecule has 0 amide bonds. The van der Waals surface area contributed by atoms with Crippen LogP contribution in [0, 0.1) is 18.3 Å². The van der Waals surface area contributed by atoms with E-state index in [1.165, 1.54) is 0 Å². The molecule has 1 fully saturated rings. The van der Waals surface area contributed by atoms with Gasteiger partial charge < -0.3 is 9.84 Å². The average molecular weight is 182 g/mol. The zero-order valence-electron chi connectivity index (χ0n) is 8.20. The molecule has 0 radical (unpaired) electrons. The van der Waals surface area contributed by atoms with Gasteiger partial charge in [0.1, 0.15) is 0 Å². The van der Waals surface area contributed by atoms with E-state index in [1.54, 1.807) is 0 Å². The van der Waals surface area contributed by atoms with Crippen LogP contribution in [-0.4, -0.2) is 23.9 Å². The lowest BCUT2D eigenvalue weighted by atomic mass is 9.91. The first-order valence-corrected chi connectivity index (χ1v) is 5.02. The second-order valence-corrected chi connectivity index (χ2v) is 3.58. The van der Waals surface area contributed by atoms with Crippen LogP contribution in [0.25, 0.3) is 0 Å². The van der Waals surface area contributed by atoms with Crippen molar-refractivity contribution in [2.75, 3.05) is 6.61 Å². The van der Waals surface area contributed by atoms with Crippen LogP contribution in [0.5, 0.6) is 0 Å². The van der Waals surface area contributed by atoms with Crippen LogP contribution in [0.3, 0.4) is 0 Å². The molecule has 0 spiro atoms. The van der Waals surface area contributed by atoms with Crippen LogP contribution in [0.1, 0.15) is 32.6 Å². The molecule has 2 heteroatoms. The van der Waals surface area contributed by atoms with Crippen molar-refractivity contribution in [3.8, 4) is 12.3 Å². The minimum Gasteiger partial charge on any atom is -0.393 e. The minimum absolute atomic E-state index is 0.243. The van der Waals surface area contributed by atoms with Crippen LogP contribution in [-0.2, 0) is 4.74 Å². The quantitative estimate of drug-likeness (QED) is 0.669. The molecule has 0 aliphatic carbocycles. The zero-order chi connectivity index (χ0) is 9.68. The standard InChI is InChI=1S/C11H18O2/c1-3-5-6-10(12)9-7-8-13-11(9)4-2/h1,9-12H,4-8H2,2H3. The monoisotopic (exact) mass is 182 g/mol. The lowest BCUT2D eigenvalue weighted by molar-refractivity contribution is 0.0286. The third kappa shape index (κ3) is 2.72. The van der Waals surface area contributed by atoms with Crippen molar-refractivity contribution in [1.82, 2.24) is 0 Å². The van der Waals surface area contributed by atoms with Gasteiger partial charge in [0.05, 0.1) is 12.2 Å². The molecule has 3 unspecified atom stereocenters. The number of terminal acetylenes is 1. The first-order chi connectivity index (χ1) is 6.29. The second kappa shape index (κ2) is 5.26. The van der Waals surface area contributed by atoms with E-state index >= 15 is 0 Å². The lowest BCUT2D eigenvalue weighted by Gasteiger charge is -2.21. The Morgan fingerprint density at radius 2 is 2.46 bits per heavy atom. The Bertz CT molecular complexity index is 183. The third-order valence-electron chi connectivity index (χ3n) is 2.74. The highest BCUT2D eigenvalue weighted by atomic mass is 16.5. The van der Waals surface area contributed by atoms with Crippen molar-refractivity contribution in [3.05, 3.63) is 0 Å². The molecule has 0 aromatic rings. The minimum atomic E-state index is -0.275. The Labute approximate surface area is 80.3 Å². The van der Waals surface area contributed by atoms with Crippen molar-refractivity contribution >= 4 is 0 Å². The van der Waals surface area contributed by atoms with Crippen LogP contribution >= 0.6 is 0 Å². The van der Waals surface area contributed by atoms with E-state index < -0.39 is 0 Å². The second-order valence-electron chi connectivity index (χ2n) is 3.58. The lowest BCUT2D eigenvalue weighted by Crippen LogP contribution is -2.27. The number of ether oxygens (including phenoxy) is 1. The summed E-state index contributed by atoms with van der Waals surface area (Å²) in [4.78, 5) is 0. The van der Waals surface area contributed by atoms with Crippen LogP contribution in [0.4, 0.5) is 0 Å². The molecule has 0 aromatic carbocycles. The van der Waals surface area contributed by atoms with E-state index in [1.807, 2.05) is 0 Å². The molecule has 74 valence electrons. The smallest absolute Gasteiger partial charge is 0.0626 e. The number of aliphatic hydroxyl groups excluding tert-OH is 1. The van der Waals surface area contributed by atoms with Gasteiger partial charge in [0, 0.05) is 18.9 Å². The largest absolute Gasteiger partial charge is 0.393 e. The number of aliphatic hydroxyl groups is 1. The Morgan fingerprint density at radius 3 is 3.08 bits per heavy atom. The van der Waals surface area contributed by atoms with E-state index in [4.69, 9.17) is 11.2 Å². The normalized spacial score (nSPS) is 29.9. The van der Waals surface area contributed by atoms with Crippen molar-refractivity contribution in [3.63, 3.8) is 0 Å². The van der Waals surface area contributed by atoms with E-state index in [9.17, 15) is 5.11 Å². The Hall–Kier alpha value is -0.520. The van der Waals surface area contributed by atoms with Gasteiger partial charge in [0.15, 0.2) is 0 Å². The summed E-state index contributed by atoms with van der Waals surface area (Å²) in [6.07, 6.45) is 8.45. The summed E-state index contributed by atoms with van der Waals surface area (Å²) in [6, 6.07) is 0. The molecule has 0 aromatic heterocycles. The van der Waals surface area contributed by atoms with Gasteiger partial charge in [-0.05, 0) is 19.3 Å². The molecular formula is C11H18O2. The molecule has 1 heterocycles. The Morgan fingerprint density at radius 1 is 1.69 bits per heavy atom. The molecule has 0 bridgehead atoms. The maximum absolute atomic E-state index is 9.81. The molecule has 1 N–H and O–H groups in total. The summed E-state index contributed by atoms with van der Waals surface area (Å²) >= 11 is 0. The van der Waals surface area contributed by atoms with Gasteiger partial charge in [-0.1, -0.05) is 6.92 Å². The zero-order valence-corrected chi connectivity index (χ0v) is 8.20. The average Bonchev–Trinajstić information content (AvgIpc) is 2.61. The van der Waals surface area contributed by atoms with Gasteiger partial charge in [0.2, 0.25) is 0 Å². The van der Waals surface area contributed by atoms with Gasteiger partial charge in [-0.25, -0.2) is 0 Å². The third-order valence-corrected chi connectivity index (χ3v) is 2.74. The van der Waals surface area contributed by atoms with Crippen molar-refractivity contribution < 1.29 is 9.84 Å². The predicted octanol–water partition coefficient (Wildman–Crippen LogP) is 1.58. The van der Waals surface area contributed by atoms with E-state index in [0.717, 1.165) is 19.4 Å². The fraction of sp³-hybridized carbons (Fsp3) is 0.818. The van der Waals surface area contributed by atoms with E-state index in [0.29, 0.717) is 18.8 Å². The highest BCUT2D eigenvalue weighted by Crippen LogP contribution is 2.28. The molecule has 2 nitrogen and oxygen atoms in total. The Kier molecular flexibility index (Phi) is 4.27. The molecular weight excluding hydrogens is 164 g/mol. The predicted molar refractivity (Wildman–Crippen MR) is 52.2 cm³/mol. The summed E-state index contributed by atoms with van der Waals surface area (Å²) < 4.78 is 5.50. The van der Waals surface area contributed by atoms with Crippen molar-refractivity contribution in [2.45, 2.75) is 44.8 Å². The summed E-state index contributed by atoms with van der Waals surface area (Å²) in [6.45, 7) is 2.88. The molecule has 1 rings (SSSR count). The number of rotatable bonds is 4. The summed E-state index contributed by atoms with van der Waals surface area (Å²) in [7, 11) is 0. The van der Waals surface area contributed by atoms with Gasteiger partial charge in [-0.2, -0.15) is 0 Å². The Balaban J connectivity index is 2.36.